The molecular weight excluding hydrogens is 378 g/mol. The van der Waals surface area contributed by atoms with Gasteiger partial charge in [0.05, 0.1) is 16.3 Å². The van der Waals surface area contributed by atoms with E-state index >= 15 is 0 Å². The molecule has 0 bridgehead atoms. The fourth-order valence-electron chi connectivity index (χ4n) is 3.18. The van der Waals surface area contributed by atoms with Gasteiger partial charge in [0, 0.05) is 30.9 Å². The van der Waals surface area contributed by atoms with Crippen LogP contribution in [0.4, 0.5) is 11.4 Å². The van der Waals surface area contributed by atoms with Crippen LogP contribution in [-0.2, 0) is 16.1 Å². The van der Waals surface area contributed by atoms with E-state index in [4.69, 9.17) is 4.74 Å². The lowest BCUT2D eigenvalue weighted by molar-refractivity contribution is -0.384. The number of carbonyl (C=O) groups is 2. The molecule has 10 nitrogen and oxygen atoms in total. The molecule has 3 rings (SSSR count). The Morgan fingerprint density at radius 1 is 1.38 bits per heavy atom. The molecule has 0 radical (unpaired) electrons. The van der Waals surface area contributed by atoms with Gasteiger partial charge in [-0.05, 0) is 31.9 Å². The molecule has 1 aromatic carbocycles. The lowest BCUT2D eigenvalue weighted by Crippen LogP contribution is -2.46. The molecule has 0 spiro atoms. The maximum absolute atomic E-state index is 12.4. The van der Waals surface area contributed by atoms with Crippen molar-refractivity contribution in [1.29, 1.82) is 0 Å². The highest BCUT2D eigenvalue weighted by Crippen LogP contribution is 2.35. The molecule has 154 valence electrons. The first-order valence-electron chi connectivity index (χ1n) is 9.24. The van der Waals surface area contributed by atoms with Crippen molar-refractivity contribution in [3.63, 3.8) is 0 Å². The molecular formula is C19H23N5O5. The van der Waals surface area contributed by atoms with Gasteiger partial charge in [-0.1, -0.05) is 6.92 Å². The maximum Gasteiger partial charge on any atom is 0.271 e. The average Bonchev–Trinajstić information content (AvgIpc) is 2.98. The topological polar surface area (TPSA) is 120 Å². The third kappa shape index (κ3) is 4.71. The van der Waals surface area contributed by atoms with E-state index < -0.39 is 10.8 Å². The third-order valence-electron chi connectivity index (χ3n) is 4.63. The van der Waals surface area contributed by atoms with Gasteiger partial charge in [-0.2, -0.15) is 5.10 Å². The van der Waals surface area contributed by atoms with Crippen LogP contribution < -0.4 is 15.0 Å². The predicted molar refractivity (Wildman–Crippen MR) is 105 cm³/mol. The van der Waals surface area contributed by atoms with Gasteiger partial charge >= 0.3 is 0 Å². The molecule has 10 heteroatoms. The molecule has 1 unspecified atom stereocenters. The summed E-state index contributed by atoms with van der Waals surface area (Å²) in [6.07, 6.45) is 0. The highest BCUT2D eigenvalue weighted by Gasteiger charge is 2.29. The molecule has 1 aromatic heterocycles. The summed E-state index contributed by atoms with van der Waals surface area (Å²) in [7, 11) is 0. The van der Waals surface area contributed by atoms with E-state index in [9.17, 15) is 19.7 Å². The summed E-state index contributed by atoms with van der Waals surface area (Å²) in [5, 5.41) is 18.3. The Bertz CT molecular complexity index is 954. The molecule has 2 heterocycles. The fraction of sp³-hybridized carbons (Fsp3) is 0.421. The number of nitro groups is 1. The molecule has 2 aromatic rings. The standard InChI is InChI=1S/C19H23N5O5/c1-12(9-23-14(3)6-13(2)21-23)8-20-18(25)10-22-16-7-15(24(27)28)4-5-17(16)29-11-19(22)26/h4-7,12H,8-11H2,1-3H3,(H,20,25). The second-order valence-electron chi connectivity index (χ2n) is 7.20. The van der Waals surface area contributed by atoms with Crippen molar-refractivity contribution in [3.05, 3.63) is 45.8 Å². The summed E-state index contributed by atoms with van der Waals surface area (Å²) in [5.74, 6) is -0.312. The summed E-state index contributed by atoms with van der Waals surface area (Å²) >= 11 is 0. The molecule has 0 aliphatic carbocycles. The first-order chi connectivity index (χ1) is 13.7. The van der Waals surface area contributed by atoms with Crippen molar-refractivity contribution in [3.8, 4) is 5.75 Å². The smallest absolute Gasteiger partial charge is 0.271 e. The fourth-order valence-corrected chi connectivity index (χ4v) is 3.18. The SMILES string of the molecule is Cc1cc(C)n(CC(C)CNC(=O)CN2C(=O)COc3ccc([N+](=O)[O-])cc32)n1. The summed E-state index contributed by atoms with van der Waals surface area (Å²) in [4.78, 5) is 36.3. The monoisotopic (exact) mass is 401 g/mol. The van der Waals surface area contributed by atoms with Crippen LogP contribution in [0, 0.1) is 29.9 Å². The number of aromatic nitrogens is 2. The van der Waals surface area contributed by atoms with Crippen LogP contribution in [0.2, 0.25) is 0 Å². The number of non-ortho nitro benzene ring substituents is 1. The van der Waals surface area contributed by atoms with Crippen LogP contribution in [-0.4, -0.2) is 46.2 Å². The van der Waals surface area contributed by atoms with E-state index in [1.807, 2.05) is 31.5 Å². The number of anilines is 1. The van der Waals surface area contributed by atoms with Gasteiger partial charge in [-0.15, -0.1) is 0 Å². The molecule has 1 atom stereocenters. The number of fused-ring (bicyclic) bond motifs is 1. The van der Waals surface area contributed by atoms with Gasteiger partial charge in [-0.3, -0.25) is 29.3 Å². The van der Waals surface area contributed by atoms with Crippen molar-refractivity contribution in [1.82, 2.24) is 15.1 Å². The van der Waals surface area contributed by atoms with E-state index in [0.29, 0.717) is 18.8 Å². The number of rotatable bonds is 7. The van der Waals surface area contributed by atoms with E-state index in [-0.39, 0.29) is 36.4 Å². The molecule has 29 heavy (non-hydrogen) atoms. The molecule has 1 aliphatic heterocycles. The Morgan fingerprint density at radius 2 is 2.14 bits per heavy atom. The van der Waals surface area contributed by atoms with Gasteiger partial charge < -0.3 is 10.1 Å². The third-order valence-corrected chi connectivity index (χ3v) is 4.63. The first-order valence-corrected chi connectivity index (χ1v) is 9.24. The van der Waals surface area contributed by atoms with Crippen molar-refractivity contribution in [2.24, 2.45) is 5.92 Å². The summed E-state index contributed by atoms with van der Waals surface area (Å²) < 4.78 is 7.20. The zero-order valence-corrected chi connectivity index (χ0v) is 16.5. The zero-order chi connectivity index (χ0) is 21.1. The minimum absolute atomic E-state index is 0.130. The van der Waals surface area contributed by atoms with E-state index in [2.05, 4.69) is 10.4 Å². The molecule has 0 saturated carbocycles. The molecule has 2 amide bonds. The Kier molecular flexibility index (Phi) is 5.81. The van der Waals surface area contributed by atoms with Crippen LogP contribution in [0.3, 0.4) is 0 Å². The highest BCUT2D eigenvalue weighted by molar-refractivity contribution is 6.02. The van der Waals surface area contributed by atoms with E-state index in [1.54, 1.807) is 0 Å². The second kappa shape index (κ2) is 8.29. The number of nitro benzene ring substituents is 1. The van der Waals surface area contributed by atoms with Gasteiger partial charge in [0.1, 0.15) is 12.3 Å². The van der Waals surface area contributed by atoms with Crippen LogP contribution in [0.15, 0.2) is 24.3 Å². The molecule has 0 fully saturated rings. The zero-order valence-electron chi connectivity index (χ0n) is 16.5. The van der Waals surface area contributed by atoms with Crippen LogP contribution in [0.1, 0.15) is 18.3 Å². The van der Waals surface area contributed by atoms with Crippen molar-refractivity contribution >= 4 is 23.2 Å². The van der Waals surface area contributed by atoms with E-state index in [0.717, 1.165) is 11.4 Å². The average molecular weight is 401 g/mol. The van der Waals surface area contributed by atoms with Crippen LogP contribution in [0.25, 0.3) is 0 Å². The Hall–Kier alpha value is -3.43. The van der Waals surface area contributed by atoms with Crippen molar-refractivity contribution < 1.29 is 19.2 Å². The van der Waals surface area contributed by atoms with Gasteiger partial charge in [0.15, 0.2) is 6.61 Å². The van der Waals surface area contributed by atoms with Gasteiger partial charge in [0.2, 0.25) is 5.91 Å². The number of nitrogens with zero attached hydrogens (tertiary/aromatic N) is 4. The quantitative estimate of drug-likeness (QED) is 0.556. The largest absolute Gasteiger partial charge is 0.482 e. The van der Waals surface area contributed by atoms with Crippen LogP contribution >= 0.6 is 0 Å². The number of carbonyl (C=O) groups excluding carboxylic acids is 2. The highest BCUT2D eigenvalue weighted by atomic mass is 16.6. The lowest BCUT2D eigenvalue weighted by atomic mass is 10.1. The Balaban J connectivity index is 1.61. The number of amides is 2. The Labute approximate surface area is 167 Å². The number of hydrogen-bond acceptors (Lipinski definition) is 6. The molecule has 1 aliphatic rings. The van der Waals surface area contributed by atoms with E-state index in [1.165, 1.54) is 23.1 Å². The van der Waals surface area contributed by atoms with Gasteiger partial charge in [0.25, 0.3) is 11.6 Å². The first kappa shape index (κ1) is 20.3. The molecule has 1 N–H and O–H groups in total. The molecule has 0 saturated heterocycles. The number of aryl methyl sites for hydroxylation is 2. The maximum atomic E-state index is 12.4. The number of ether oxygens (including phenoxy) is 1. The number of benzene rings is 1. The summed E-state index contributed by atoms with van der Waals surface area (Å²) in [6, 6.07) is 5.96. The predicted octanol–water partition coefficient (Wildman–Crippen LogP) is 1.59. The lowest BCUT2D eigenvalue weighted by Gasteiger charge is -2.28. The number of hydrogen-bond donors (Lipinski definition) is 1. The Morgan fingerprint density at radius 3 is 2.79 bits per heavy atom. The van der Waals surface area contributed by atoms with Gasteiger partial charge in [-0.25, -0.2) is 0 Å². The van der Waals surface area contributed by atoms with Crippen LogP contribution in [0.5, 0.6) is 5.75 Å². The van der Waals surface area contributed by atoms with Crippen molar-refractivity contribution in [2.45, 2.75) is 27.3 Å². The second-order valence-corrected chi connectivity index (χ2v) is 7.20. The number of nitrogens with one attached hydrogen (secondary N) is 1. The summed E-state index contributed by atoms with van der Waals surface area (Å²) in [5.41, 5.74) is 2.04. The van der Waals surface area contributed by atoms with Crippen molar-refractivity contribution in [2.75, 3.05) is 24.6 Å². The minimum Gasteiger partial charge on any atom is -0.482 e. The minimum atomic E-state index is -0.557. The normalized spacial score (nSPS) is 14.2. The summed E-state index contributed by atoms with van der Waals surface area (Å²) in [6.45, 7) is 6.52.